The van der Waals surface area contributed by atoms with Gasteiger partial charge < -0.3 is 4.42 Å². The Balaban J connectivity index is 1.74. The second-order valence-electron chi connectivity index (χ2n) is 8.44. The van der Waals surface area contributed by atoms with Crippen LogP contribution in [0.1, 0.15) is 71.4 Å². The summed E-state index contributed by atoms with van der Waals surface area (Å²) in [6.45, 7) is 6.33. The molecule has 1 aliphatic rings. The van der Waals surface area contributed by atoms with Crippen molar-refractivity contribution in [3.8, 4) is 0 Å². The average Bonchev–Trinajstić information content (AvgIpc) is 3.37. The Morgan fingerprint density at radius 1 is 1.12 bits per heavy atom. The Labute approximate surface area is 203 Å². The van der Waals surface area contributed by atoms with Crippen molar-refractivity contribution >= 4 is 49.3 Å². The molecule has 0 spiro atoms. The molecular formula is C25H22BrN3O3S. The highest BCUT2D eigenvalue weighted by atomic mass is 79.9. The molecule has 6 nitrogen and oxygen atoms in total. The van der Waals surface area contributed by atoms with Crippen molar-refractivity contribution in [3.05, 3.63) is 84.6 Å². The number of halogens is 1. The highest BCUT2D eigenvalue weighted by molar-refractivity contribution is 9.10. The van der Waals surface area contributed by atoms with Crippen molar-refractivity contribution < 1.29 is 9.21 Å². The second kappa shape index (κ2) is 8.50. The number of fused-ring (bicyclic) bond motifs is 2. The molecule has 2 aromatic carbocycles. The molecule has 3 heterocycles. The van der Waals surface area contributed by atoms with Gasteiger partial charge in [-0.05, 0) is 41.7 Å². The van der Waals surface area contributed by atoms with Crippen molar-refractivity contribution in [2.45, 2.75) is 45.6 Å². The summed E-state index contributed by atoms with van der Waals surface area (Å²) < 4.78 is 6.79. The van der Waals surface area contributed by atoms with Gasteiger partial charge in [0, 0.05) is 10.9 Å². The predicted molar refractivity (Wildman–Crippen MR) is 133 cm³/mol. The molecule has 0 fully saturated rings. The van der Waals surface area contributed by atoms with E-state index in [1.54, 1.807) is 23.1 Å². The zero-order valence-electron chi connectivity index (χ0n) is 18.5. The van der Waals surface area contributed by atoms with Gasteiger partial charge >= 0.3 is 0 Å². The molecular weight excluding hydrogens is 502 g/mol. The lowest BCUT2D eigenvalue weighted by molar-refractivity contribution is 0.0970. The van der Waals surface area contributed by atoms with Crippen LogP contribution in [0.4, 0.5) is 5.13 Å². The van der Waals surface area contributed by atoms with E-state index in [0.29, 0.717) is 27.6 Å². The van der Waals surface area contributed by atoms with Crippen LogP contribution in [0.25, 0.3) is 11.0 Å². The lowest BCUT2D eigenvalue weighted by atomic mass is 9.95. The molecule has 1 unspecified atom stereocenters. The van der Waals surface area contributed by atoms with Crippen LogP contribution in [-0.2, 0) is 6.42 Å². The number of rotatable bonds is 5. The standard InChI is InChI=1S/C25H22BrN3O3S/c1-4-5-19-27-28-25(33-19)29-21(15-8-6-14(7-9-15)13(2)3)20-22(30)17-12-16(26)10-11-18(17)32-23(20)24(29)31/h6-13,21H,4-5H2,1-3H3. The lowest BCUT2D eigenvalue weighted by Crippen LogP contribution is -2.29. The van der Waals surface area contributed by atoms with E-state index >= 15 is 0 Å². The summed E-state index contributed by atoms with van der Waals surface area (Å²) in [7, 11) is 0. The van der Waals surface area contributed by atoms with Crippen molar-refractivity contribution in [2.24, 2.45) is 0 Å². The smallest absolute Gasteiger partial charge is 0.297 e. The van der Waals surface area contributed by atoms with Crippen molar-refractivity contribution in [1.29, 1.82) is 0 Å². The summed E-state index contributed by atoms with van der Waals surface area (Å²) in [5.41, 5.74) is 2.54. The molecule has 5 rings (SSSR count). The molecule has 1 atom stereocenters. The van der Waals surface area contributed by atoms with Crippen LogP contribution < -0.4 is 10.3 Å². The monoisotopic (exact) mass is 523 g/mol. The van der Waals surface area contributed by atoms with Crippen LogP contribution in [0.15, 0.2) is 56.1 Å². The van der Waals surface area contributed by atoms with Gasteiger partial charge in [0.05, 0.1) is 17.0 Å². The number of hydrogen-bond donors (Lipinski definition) is 0. The number of nitrogens with zero attached hydrogens (tertiary/aromatic N) is 3. The summed E-state index contributed by atoms with van der Waals surface area (Å²) in [6, 6.07) is 12.6. The summed E-state index contributed by atoms with van der Waals surface area (Å²) in [4.78, 5) is 28.8. The van der Waals surface area contributed by atoms with Gasteiger partial charge in [-0.25, -0.2) is 0 Å². The highest BCUT2D eigenvalue weighted by Gasteiger charge is 2.45. The maximum atomic E-state index is 13.7. The number of aryl methyl sites for hydroxylation is 1. The first-order valence-corrected chi connectivity index (χ1v) is 12.5. The van der Waals surface area contributed by atoms with E-state index in [9.17, 15) is 9.59 Å². The predicted octanol–water partition coefficient (Wildman–Crippen LogP) is 6.23. The third kappa shape index (κ3) is 3.71. The molecule has 0 saturated carbocycles. The lowest BCUT2D eigenvalue weighted by Gasteiger charge is -2.22. The van der Waals surface area contributed by atoms with Crippen molar-refractivity contribution in [1.82, 2.24) is 10.2 Å². The first-order valence-electron chi connectivity index (χ1n) is 10.9. The zero-order chi connectivity index (χ0) is 23.3. The van der Waals surface area contributed by atoms with Crippen LogP contribution in [0, 0.1) is 0 Å². The molecule has 2 aromatic heterocycles. The van der Waals surface area contributed by atoms with Gasteiger partial charge in [0.25, 0.3) is 5.91 Å². The fraction of sp³-hybridized carbons (Fsp3) is 0.280. The Bertz CT molecular complexity index is 1430. The zero-order valence-corrected chi connectivity index (χ0v) is 20.9. The Morgan fingerprint density at radius 2 is 1.88 bits per heavy atom. The SMILES string of the molecule is CCCc1nnc(N2C(=O)c3oc4ccc(Br)cc4c(=O)c3C2c2ccc(C(C)C)cc2)s1. The number of carbonyl (C=O) groups excluding carboxylic acids is 1. The van der Waals surface area contributed by atoms with Crippen molar-refractivity contribution in [3.63, 3.8) is 0 Å². The molecule has 1 aliphatic heterocycles. The third-order valence-corrected chi connectivity index (χ3v) is 7.35. The van der Waals surface area contributed by atoms with Gasteiger partial charge in [-0.3, -0.25) is 14.5 Å². The number of anilines is 1. The van der Waals surface area contributed by atoms with Crippen LogP contribution in [0.2, 0.25) is 0 Å². The molecule has 4 aromatic rings. The van der Waals surface area contributed by atoms with E-state index in [1.165, 1.54) is 16.9 Å². The first-order chi connectivity index (χ1) is 15.9. The quantitative estimate of drug-likeness (QED) is 0.309. The molecule has 1 amide bonds. The minimum atomic E-state index is -0.629. The van der Waals surface area contributed by atoms with Crippen LogP contribution in [0.3, 0.4) is 0 Å². The number of benzene rings is 2. The number of carbonyl (C=O) groups is 1. The van der Waals surface area contributed by atoms with Gasteiger partial charge in [0.1, 0.15) is 10.6 Å². The Morgan fingerprint density at radius 3 is 2.58 bits per heavy atom. The van der Waals surface area contributed by atoms with E-state index in [1.807, 2.05) is 24.3 Å². The number of hydrogen-bond acceptors (Lipinski definition) is 6. The first kappa shape index (κ1) is 22.0. The molecule has 8 heteroatoms. The van der Waals surface area contributed by atoms with Crippen LogP contribution >= 0.6 is 27.3 Å². The number of amides is 1. The maximum Gasteiger partial charge on any atom is 0.297 e. The molecule has 0 radical (unpaired) electrons. The summed E-state index contributed by atoms with van der Waals surface area (Å²) in [5.74, 6) is 0.0721. The third-order valence-electron chi connectivity index (χ3n) is 5.88. The van der Waals surface area contributed by atoms with Gasteiger partial charge in [-0.1, -0.05) is 72.3 Å². The molecule has 33 heavy (non-hydrogen) atoms. The minimum Gasteiger partial charge on any atom is -0.450 e. The van der Waals surface area contributed by atoms with E-state index in [2.05, 4.69) is 46.9 Å². The van der Waals surface area contributed by atoms with E-state index in [-0.39, 0.29) is 17.1 Å². The fourth-order valence-corrected chi connectivity index (χ4v) is 5.51. The molecule has 0 bridgehead atoms. The average molecular weight is 524 g/mol. The Hall–Kier alpha value is -2.84. The molecule has 0 N–H and O–H groups in total. The maximum absolute atomic E-state index is 13.7. The van der Waals surface area contributed by atoms with Crippen LogP contribution in [-0.4, -0.2) is 16.1 Å². The second-order valence-corrected chi connectivity index (χ2v) is 10.4. The van der Waals surface area contributed by atoms with Gasteiger partial charge in [0.2, 0.25) is 10.9 Å². The molecule has 0 saturated heterocycles. The van der Waals surface area contributed by atoms with E-state index in [4.69, 9.17) is 4.42 Å². The fourth-order valence-electron chi connectivity index (χ4n) is 4.18. The van der Waals surface area contributed by atoms with Gasteiger partial charge in [0.15, 0.2) is 5.43 Å². The highest BCUT2D eigenvalue weighted by Crippen LogP contribution is 2.42. The van der Waals surface area contributed by atoms with Crippen LogP contribution in [0.5, 0.6) is 0 Å². The topological polar surface area (TPSA) is 76.3 Å². The number of aromatic nitrogens is 2. The minimum absolute atomic E-state index is 0.0694. The largest absolute Gasteiger partial charge is 0.450 e. The normalized spacial score (nSPS) is 15.6. The summed E-state index contributed by atoms with van der Waals surface area (Å²) >= 11 is 4.81. The summed E-state index contributed by atoms with van der Waals surface area (Å²) in [6.07, 6.45) is 1.72. The van der Waals surface area contributed by atoms with E-state index in [0.717, 1.165) is 27.9 Å². The van der Waals surface area contributed by atoms with E-state index < -0.39 is 6.04 Å². The van der Waals surface area contributed by atoms with Gasteiger partial charge in [-0.15, -0.1) is 10.2 Å². The summed E-state index contributed by atoms with van der Waals surface area (Å²) in [5, 5.41) is 10.3. The molecule has 0 aliphatic carbocycles. The van der Waals surface area contributed by atoms with Gasteiger partial charge in [-0.2, -0.15) is 0 Å². The van der Waals surface area contributed by atoms with Crippen molar-refractivity contribution in [2.75, 3.05) is 4.90 Å². The molecule has 168 valence electrons. The Kier molecular flexibility index (Phi) is 5.66.